The lowest BCUT2D eigenvalue weighted by Crippen LogP contribution is -2.40. The number of rotatable bonds is 5. The first-order chi connectivity index (χ1) is 12.5. The van der Waals surface area contributed by atoms with Crippen LogP contribution in [0.2, 0.25) is 0 Å². The second-order valence-corrected chi connectivity index (χ2v) is 8.07. The van der Waals surface area contributed by atoms with E-state index in [-0.39, 0.29) is 5.60 Å². The smallest absolute Gasteiger partial charge is 0.119 e. The van der Waals surface area contributed by atoms with Gasteiger partial charge in [0.1, 0.15) is 18.0 Å². The van der Waals surface area contributed by atoms with Crippen molar-refractivity contribution >= 4 is 0 Å². The molecule has 26 heavy (non-hydrogen) atoms. The Morgan fingerprint density at radius 2 is 2.12 bits per heavy atom. The number of piperidine rings is 1. The molecule has 0 aliphatic carbocycles. The molecule has 5 heteroatoms. The predicted molar refractivity (Wildman–Crippen MR) is 101 cm³/mol. The molecule has 2 aliphatic rings. The van der Waals surface area contributed by atoms with Crippen LogP contribution in [-0.4, -0.2) is 46.1 Å². The summed E-state index contributed by atoms with van der Waals surface area (Å²) in [6.45, 7) is 8.13. The lowest BCUT2D eigenvalue weighted by Gasteiger charge is -2.33. The van der Waals surface area contributed by atoms with Crippen LogP contribution in [-0.2, 0) is 18.3 Å². The van der Waals surface area contributed by atoms with Crippen LogP contribution in [0.3, 0.4) is 0 Å². The Hall–Kier alpha value is -1.85. The lowest BCUT2D eigenvalue weighted by molar-refractivity contribution is -0.0697. The Morgan fingerprint density at radius 3 is 2.85 bits per heavy atom. The van der Waals surface area contributed by atoms with Gasteiger partial charge in [-0.05, 0) is 38.8 Å². The Labute approximate surface area is 155 Å². The third-order valence-electron chi connectivity index (χ3n) is 5.90. The van der Waals surface area contributed by atoms with Crippen molar-refractivity contribution in [2.75, 3.05) is 19.7 Å². The molecule has 2 aliphatic heterocycles. The fraction of sp³-hybridized carbons (Fsp3) is 0.571. The summed E-state index contributed by atoms with van der Waals surface area (Å²) in [4.78, 5) is 2.55. The maximum Gasteiger partial charge on any atom is 0.119 e. The van der Waals surface area contributed by atoms with Crippen molar-refractivity contribution in [1.82, 2.24) is 14.7 Å². The van der Waals surface area contributed by atoms with E-state index < -0.39 is 0 Å². The zero-order valence-corrected chi connectivity index (χ0v) is 16.0. The van der Waals surface area contributed by atoms with Gasteiger partial charge < -0.3 is 9.47 Å². The van der Waals surface area contributed by atoms with E-state index >= 15 is 0 Å². The zero-order chi connectivity index (χ0) is 18.1. The number of hydrogen-bond acceptors (Lipinski definition) is 4. The maximum absolute atomic E-state index is 6.43. The molecule has 0 bridgehead atoms. The summed E-state index contributed by atoms with van der Waals surface area (Å²) in [5.74, 6) is 1.51. The molecule has 0 radical (unpaired) electrons. The number of likely N-dealkylation sites (tertiary alicyclic amines) is 1. The summed E-state index contributed by atoms with van der Waals surface area (Å²) in [7, 11) is 2.01. The molecule has 0 spiro atoms. The molecule has 0 N–H and O–H groups in total. The summed E-state index contributed by atoms with van der Waals surface area (Å²) >= 11 is 0. The van der Waals surface area contributed by atoms with Gasteiger partial charge >= 0.3 is 0 Å². The number of aromatic nitrogens is 2. The summed E-state index contributed by atoms with van der Waals surface area (Å²) in [6, 6.07) is 10.0. The fourth-order valence-corrected chi connectivity index (χ4v) is 4.33. The summed E-state index contributed by atoms with van der Waals surface area (Å²) in [6.07, 6.45) is 4.54. The van der Waals surface area contributed by atoms with Crippen LogP contribution in [0.25, 0.3) is 0 Å². The van der Waals surface area contributed by atoms with E-state index in [9.17, 15) is 0 Å². The molecule has 2 fully saturated rings. The Kier molecular flexibility index (Phi) is 4.76. The molecule has 5 nitrogen and oxygen atoms in total. The number of benzene rings is 1. The highest BCUT2D eigenvalue weighted by atomic mass is 16.6. The summed E-state index contributed by atoms with van der Waals surface area (Å²) in [5.41, 5.74) is 2.40. The van der Waals surface area contributed by atoms with Gasteiger partial charge in [0.2, 0.25) is 0 Å². The van der Waals surface area contributed by atoms with Gasteiger partial charge in [0, 0.05) is 43.9 Å². The van der Waals surface area contributed by atoms with Gasteiger partial charge in [-0.25, -0.2) is 0 Å². The molecule has 3 heterocycles. The molecule has 4 rings (SSSR count). The van der Waals surface area contributed by atoms with Crippen LogP contribution in [0.15, 0.2) is 36.5 Å². The molecule has 1 aromatic carbocycles. The average molecular weight is 355 g/mol. The molecule has 1 aromatic heterocycles. The molecular weight excluding hydrogens is 326 g/mol. The highest BCUT2D eigenvalue weighted by Crippen LogP contribution is 2.40. The van der Waals surface area contributed by atoms with E-state index in [4.69, 9.17) is 9.47 Å². The van der Waals surface area contributed by atoms with Crippen LogP contribution in [0.1, 0.15) is 31.0 Å². The first kappa shape index (κ1) is 17.6. The van der Waals surface area contributed by atoms with Crippen LogP contribution in [0, 0.1) is 12.8 Å². The minimum Gasteiger partial charge on any atom is -0.491 e. The van der Waals surface area contributed by atoms with E-state index in [1.165, 1.54) is 11.3 Å². The van der Waals surface area contributed by atoms with Gasteiger partial charge in [0.25, 0.3) is 0 Å². The van der Waals surface area contributed by atoms with Crippen LogP contribution in [0.4, 0.5) is 0 Å². The topological polar surface area (TPSA) is 39.5 Å². The SMILES string of the molecule is Cc1c(CN2CC[C@@H]3O[C@@](C)(COc4ccccc4)C[C@@H]3C2)cnn1C. The number of fused-ring (bicyclic) bond motifs is 1. The van der Waals surface area contributed by atoms with E-state index in [0.717, 1.165) is 38.2 Å². The van der Waals surface area contributed by atoms with Crippen molar-refractivity contribution < 1.29 is 9.47 Å². The largest absolute Gasteiger partial charge is 0.491 e. The average Bonchev–Trinajstić information content (AvgIpc) is 3.14. The van der Waals surface area contributed by atoms with Gasteiger partial charge in [0.15, 0.2) is 0 Å². The molecule has 3 atom stereocenters. The molecule has 140 valence electrons. The minimum atomic E-state index is -0.189. The Balaban J connectivity index is 1.34. The molecule has 2 aromatic rings. The van der Waals surface area contributed by atoms with E-state index in [1.54, 1.807) is 0 Å². The first-order valence-electron chi connectivity index (χ1n) is 9.58. The third kappa shape index (κ3) is 3.64. The normalized spacial score (nSPS) is 28.9. The van der Waals surface area contributed by atoms with Crippen molar-refractivity contribution in [3.8, 4) is 5.75 Å². The molecule has 2 saturated heterocycles. The molecular formula is C21H29N3O2. The summed E-state index contributed by atoms with van der Waals surface area (Å²) in [5, 5.41) is 4.37. The quantitative estimate of drug-likeness (QED) is 0.826. The number of nitrogens with zero attached hydrogens (tertiary/aromatic N) is 3. The van der Waals surface area contributed by atoms with E-state index in [2.05, 4.69) is 23.8 Å². The molecule has 0 saturated carbocycles. The van der Waals surface area contributed by atoms with Crippen molar-refractivity contribution in [2.24, 2.45) is 13.0 Å². The minimum absolute atomic E-state index is 0.189. The second kappa shape index (κ2) is 7.05. The van der Waals surface area contributed by atoms with Gasteiger partial charge in [-0.15, -0.1) is 0 Å². The zero-order valence-electron chi connectivity index (χ0n) is 16.0. The van der Waals surface area contributed by atoms with Gasteiger partial charge in [0.05, 0.1) is 12.3 Å². The van der Waals surface area contributed by atoms with Crippen molar-refractivity contribution in [2.45, 2.75) is 44.9 Å². The van der Waals surface area contributed by atoms with Crippen LogP contribution < -0.4 is 4.74 Å². The van der Waals surface area contributed by atoms with Crippen molar-refractivity contribution in [1.29, 1.82) is 0 Å². The van der Waals surface area contributed by atoms with E-state index in [0.29, 0.717) is 18.6 Å². The standard InChI is InChI=1S/C21H29N3O2/c1-16-18(12-22-23(16)3)14-24-10-9-20-17(13-24)11-21(2,26-20)15-25-19-7-5-4-6-8-19/h4-8,12,17,20H,9-11,13-15H2,1-3H3/t17-,20+,21-/m1/s1. The molecule has 0 amide bonds. The molecule has 0 unspecified atom stereocenters. The van der Waals surface area contributed by atoms with Crippen LogP contribution in [0.5, 0.6) is 5.75 Å². The van der Waals surface area contributed by atoms with Gasteiger partial charge in [-0.3, -0.25) is 9.58 Å². The number of hydrogen-bond donors (Lipinski definition) is 0. The number of para-hydroxylation sites is 1. The number of ether oxygens (including phenoxy) is 2. The predicted octanol–water partition coefficient (Wildman–Crippen LogP) is 3.18. The second-order valence-electron chi connectivity index (χ2n) is 8.07. The maximum atomic E-state index is 6.43. The summed E-state index contributed by atoms with van der Waals surface area (Å²) < 4.78 is 14.4. The highest BCUT2D eigenvalue weighted by molar-refractivity contribution is 5.21. The van der Waals surface area contributed by atoms with Gasteiger partial charge in [-0.1, -0.05) is 18.2 Å². The highest BCUT2D eigenvalue weighted by Gasteiger charge is 2.46. The van der Waals surface area contributed by atoms with Crippen molar-refractivity contribution in [3.05, 3.63) is 47.8 Å². The Bertz CT molecular complexity index is 745. The lowest BCUT2D eigenvalue weighted by atomic mass is 9.89. The first-order valence-corrected chi connectivity index (χ1v) is 9.58. The van der Waals surface area contributed by atoms with Crippen LogP contribution >= 0.6 is 0 Å². The van der Waals surface area contributed by atoms with Crippen molar-refractivity contribution in [3.63, 3.8) is 0 Å². The number of aryl methyl sites for hydroxylation is 1. The third-order valence-corrected chi connectivity index (χ3v) is 5.90. The van der Waals surface area contributed by atoms with Gasteiger partial charge in [-0.2, -0.15) is 5.10 Å². The fourth-order valence-electron chi connectivity index (χ4n) is 4.33. The van der Waals surface area contributed by atoms with E-state index in [1.807, 2.05) is 48.3 Å². The monoisotopic (exact) mass is 355 g/mol. The Morgan fingerprint density at radius 1 is 1.31 bits per heavy atom.